The average molecular weight is 295 g/mol. The summed E-state index contributed by atoms with van der Waals surface area (Å²) in [6, 6.07) is 15.0. The van der Waals surface area contributed by atoms with E-state index in [4.69, 9.17) is 0 Å². The first-order valence-corrected chi connectivity index (χ1v) is 7.28. The Labute approximate surface area is 129 Å². The SMILES string of the molecule is O=C1C[C@@H](Cc2ccccc2)N1C(=O)NCc1ccccn1. The number of imide groups is 1. The van der Waals surface area contributed by atoms with E-state index in [1.54, 1.807) is 6.20 Å². The maximum atomic E-state index is 12.2. The number of carbonyl (C=O) groups excluding carboxylic acids is 2. The van der Waals surface area contributed by atoms with Crippen molar-refractivity contribution >= 4 is 11.9 Å². The monoisotopic (exact) mass is 295 g/mol. The van der Waals surface area contributed by atoms with Crippen molar-refractivity contribution < 1.29 is 9.59 Å². The van der Waals surface area contributed by atoms with Crippen LogP contribution in [0.15, 0.2) is 54.7 Å². The van der Waals surface area contributed by atoms with E-state index in [1.807, 2.05) is 48.5 Å². The summed E-state index contributed by atoms with van der Waals surface area (Å²) in [4.78, 5) is 29.4. The molecule has 0 aliphatic carbocycles. The van der Waals surface area contributed by atoms with Gasteiger partial charge in [0.05, 0.1) is 18.3 Å². The molecule has 1 aromatic heterocycles. The van der Waals surface area contributed by atoms with Crippen LogP contribution in [0.1, 0.15) is 17.7 Å². The first-order chi connectivity index (χ1) is 10.7. The Morgan fingerprint density at radius 1 is 1.18 bits per heavy atom. The van der Waals surface area contributed by atoms with E-state index in [2.05, 4.69) is 10.3 Å². The topological polar surface area (TPSA) is 62.3 Å². The van der Waals surface area contributed by atoms with Crippen LogP contribution in [0.5, 0.6) is 0 Å². The summed E-state index contributed by atoms with van der Waals surface area (Å²) >= 11 is 0. The van der Waals surface area contributed by atoms with E-state index in [0.717, 1.165) is 11.3 Å². The molecular weight excluding hydrogens is 278 g/mol. The highest BCUT2D eigenvalue weighted by Gasteiger charge is 2.40. The maximum absolute atomic E-state index is 12.2. The summed E-state index contributed by atoms with van der Waals surface area (Å²) in [6.45, 7) is 0.321. The largest absolute Gasteiger partial charge is 0.332 e. The Bertz CT molecular complexity index is 658. The number of aromatic nitrogens is 1. The molecule has 5 nitrogen and oxygen atoms in total. The molecule has 0 bridgehead atoms. The van der Waals surface area contributed by atoms with Gasteiger partial charge < -0.3 is 5.32 Å². The van der Waals surface area contributed by atoms with Crippen molar-refractivity contribution in [1.29, 1.82) is 0 Å². The zero-order valence-corrected chi connectivity index (χ0v) is 12.1. The lowest BCUT2D eigenvalue weighted by Gasteiger charge is -2.38. The smallest absolute Gasteiger partial charge is 0.324 e. The van der Waals surface area contributed by atoms with Gasteiger partial charge in [0.2, 0.25) is 5.91 Å². The molecule has 5 heteroatoms. The Morgan fingerprint density at radius 2 is 1.95 bits per heavy atom. The fraction of sp³-hybridized carbons (Fsp3) is 0.235. The van der Waals surface area contributed by atoms with Gasteiger partial charge in [0, 0.05) is 12.6 Å². The van der Waals surface area contributed by atoms with E-state index in [9.17, 15) is 9.59 Å². The molecule has 22 heavy (non-hydrogen) atoms. The maximum Gasteiger partial charge on any atom is 0.324 e. The van der Waals surface area contributed by atoms with Crippen molar-refractivity contribution in [1.82, 2.24) is 15.2 Å². The van der Waals surface area contributed by atoms with Crippen LogP contribution in [0, 0.1) is 0 Å². The van der Waals surface area contributed by atoms with E-state index in [1.165, 1.54) is 4.90 Å². The molecule has 1 aliphatic heterocycles. The highest BCUT2D eigenvalue weighted by molar-refractivity contribution is 5.99. The standard InChI is InChI=1S/C17H17N3O2/c21-16-11-15(10-13-6-2-1-3-7-13)20(16)17(22)19-12-14-8-4-5-9-18-14/h1-9,15H,10-12H2,(H,19,22)/t15-/m1/s1. The van der Waals surface area contributed by atoms with Gasteiger partial charge in [-0.25, -0.2) is 4.79 Å². The zero-order chi connectivity index (χ0) is 15.4. The number of nitrogens with zero attached hydrogens (tertiary/aromatic N) is 2. The fourth-order valence-corrected chi connectivity index (χ4v) is 2.57. The molecule has 1 aromatic carbocycles. The molecule has 1 N–H and O–H groups in total. The van der Waals surface area contributed by atoms with Gasteiger partial charge in [-0.15, -0.1) is 0 Å². The second kappa shape index (κ2) is 6.39. The number of benzene rings is 1. The number of pyridine rings is 1. The number of hydrogen-bond acceptors (Lipinski definition) is 3. The minimum absolute atomic E-state index is 0.0568. The van der Waals surface area contributed by atoms with Gasteiger partial charge in [0.1, 0.15) is 0 Å². The van der Waals surface area contributed by atoms with Crippen molar-refractivity contribution in [2.24, 2.45) is 0 Å². The molecule has 2 heterocycles. The Hall–Kier alpha value is -2.69. The number of likely N-dealkylation sites (tertiary alicyclic amines) is 1. The predicted octanol–water partition coefficient (Wildman–Crippen LogP) is 2.13. The third-order valence-corrected chi connectivity index (χ3v) is 3.72. The van der Waals surface area contributed by atoms with Crippen molar-refractivity contribution in [2.45, 2.75) is 25.4 Å². The number of hydrogen-bond donors (Lipinski definition) is 1. The number of amides is 3. The van der Waals surface area contributed by atoms with Gasteiger partial charge in [0.25, 0.3) is 0 Å². The van der Waals surface area contributed by atoms with Crippen LogP contribution in [0.25, 0.3) is 0 Å². The quantitative estimate of drug-likeness (QED) is 0.879. The molecular formula is C17H17N3O2. The van der Waals surface area contributed by atoms with Gasteiger partial charge in [-0.2, -0.15) is 0 Å². The van der Waals surface area contributed by atoms with Crippen molar-refractivity contribution in [3.05, 3.63) is 66.0 Å². The molecule has 3 amide bonds. The van der Waals surface area contributed by atoms with E-state index >= 15 is 0 Å². The lowest BCUT2D eigenvalue weighted by Crippen LogP contribution is -2.59. The summed E-state index contributed by atoms with van der Waals surface area (Å²) < 4.78 is 0. The molecule has 0 unspecified atom stereocenters. The van der Waals surface area contributed by atoms with E-state index < -0.39 is 0 Å². The number of rotatable bonds is 4. The van der Waals surface area contributed by atoms with Crippen molar-refractivity contribution in [3.63, 3.8) is 0 Å². The molecule has 112 valence electrons. The van der Waals surface area contributed by atoms with Gasteiger partial charge in [0.15, 0.2) is 0 Å². The molecule has 1 atom stereocenters. The summed E-state index contributed by atoms with van der Waals surface area (Å²) in [5, 5.41) is 2.75. The van der Waals surface area contributed by atoms with Gasteiger partial charge in [-0.3, -0.25) is 14.7 Å². The van der Waals surface area contributed by atoms with E-state index in [-0.39, 0.29) is 18.0 Å². The summed E-state index contributed by atoms with van der Waals surface area (Å²) in [5.74, 6) is -0.126. The van der Waals surface area contributed by atoms with Crippen LogP contribution in [-0.4, -0.2) is 27.9 Å². The Balaban J connectivity index is 1.57. The summed E-state index contributed by atoms with van der Waals surface area (Å²) in [5.41, 5.74) is 1.89. The normalized spacial score (nSPS) is 17.0. The molecule has 1 fully saturated rings. The van der Waals surface area contributed by atoms with Crippen LogP contribution in [0.4, 0.5) is 4.79 Å². The Morgan fingerprint density at radius 3 is 2.64 bits per heavy atom. The van der Waals surface area contributed by atoms with Gasteiger partial charge in [-0.1, -0.05) is 36.4 Å². The van der Waals surface area contributed by atoms with Crippen LogP contribution in [0.2, 0.25) is 0 Å². The molecule has 1 saturated heterocycles. The molecule has 0 radical (unpaired) electrons. The second-order valence-corrected chi connectivity index (χ2v) is 5.29. The number of nitrogens with one attached hydrogen (secondary N) is 1. The first kappa shape index (κ1) is 14.3. The van der Waals surface area contributed by atoms with Crippen molar-refractivity contribution in [3.8, 4) is 0 Å². The number of urea groups is 1. The fourth-order valence-electron chi connectivity index (χ4n) is 2.57. The summed E-state index contributed by atoms with van der Waals surface area (Å²) in [6.07, 6.45) is 2.80. The zero-order valence-electron chi connectivity index (χ0n) is 12.1. The first-order valence-electron chi connectivity index (χ1n) is 7.28. The third-order valence-electron chi connectivity index (χ3n) is 3.72. The van der Waals surface area contributed by atoms with Crippen molar-refractivity contribution in [2.75, 3.05) is 0 Å². The molecule has 2 aromatic rings. The van der Waals surface area contributed by atoms with Crippen LogP contribution < -0.4 is 5.32 Å². The highest BCUT2D eigenvalue weighted by atomic mass is 16.2. The molecule has 1 aliphatic rings. The molecule has 3 rings (SSSR count). The lowest BCUT2D eigenvalue weighted by atomic mass is 9.95. The Kier molecular flexibility index (Phi) is 4.14. The van der Waals surface area contributed by atoms with Crippen LogP contribution in [-0.2, 0) is 17.8 Å². The van der Waals surface area contributed by atoms with Crippen LogP contribution in [0.3, 0.4) is 0 Å². The average Bonchev–Trinajstić information content (AvgIpc) is 2.54. The molecule has 0 saturated carbocycles. The minimum atomic E-state index is -0.345. The minimum Gasteiger partial charge on any atom is -0.332 e. The lowest BCUT2D eigenvalue weighted by molar-refractivity contribution is -0.140. The third kappa shape index (κ3) is 3.14. The highest BCUT2D eigenvalue weighted by Crippen LogP contribution is 2.23. The molecule has 0 spiro atoms. The predicted molar refractivity (Wildman–Crippen MR) is 81.9 cm³/mol. The van der Waals surface area contributed by atoms with E-state index in [0.29, 0.717) is 19.4 Å². The second-order valence-electron chi connectivity index (χ2n) is 5.29. The van der Waals surface area contributed by atoms with Crippen LogP contribution >= 0.6 is 0 Å². The number of β-lactam (4-membered cyclic amide) rings is 1. The number of carbonyl (C=O) groups is 2. The van der Waals surface area contributed by atoms with Gasteiger partial charge >= 0.3 is 6.03 Å². The summed E-state index contributed by atoms with van der Waals surface area (Å²) in [7, 11) is 0. The van der Waals surface area contributed by atoms with Gasteiger partial charge in [-0.05, 0) is 24.1 Å².